The smallest absolute Gasteiger partial charge is 0.236 e. The fourth-order valence-electron chi connectivity index (χ4n) is 1.38. The van der Waals surface area contributed by atoms with Gasteiger partial charge in [0.15, 0.2) is 0 Å². The van der Waals surface area contributed by atoms with Crippen molar-refractivity contribution in [2.75, 3.05) is 7.05 Å². The maximum absolute atomic E-state index is 11.0. The minimum absolute atomic E-state index is 0.0306. The van der Waals surface area contributed by atoms with Crippen molar-refractivity contribution in [2.24, 2.45) is 11.7 Å². The lowest BCUT2D eigenvalue weighted by Crippen LogP contribution is -2.40. The fraction of sp³-hybridized carbons (Fsp3) is 0.875. The summed E-state index contributed by atoms with van der Waals surface area (Å²) in [5.41, 5.74) is 5.63. The number of nitrogens with one attached hydrogen (secondary N) is 1. The zero-order chi connectivity index (χ0) is 8.27. The zero-order valence-corrected chi connectivity index (χ0v) is 6.97. The SMILES string of the molecule is CNC(=O)C(N)CC1CCC1. The van der Waals surface area contributed by atoms with E-state index < -0.39 is 0 Å². The quantitative estimate of drug-likeness (QED) is 0.615. The maximum Gasteiger partial charge on any atom is 0.236 e. The first-order valence-corrected chi connectivity index (χ1v) is 4.21. The summed E-state index contributed by atoms with van der Waals surface area (Å²) in [5, 5.41) is 2.55. The summed E-state index contributed by atoms with van der Waals surface area (Å²) in [4.78, 5) is 11.0. The van der Waals surface area contributed by atoms with Crippen molar-refractivity contribution in [3.63, 3.8) is 0 Å². The van der Waals surface area contributed by atoms with Gasteiger partial charge in [0.1, 0.15) is 0 Å². The van der Waals surface area contributed by atoms with Crippen LogP contribution in [-0.2, 0) is 4.79 Å². The number of amides is 1. The molecule has 0 saturated heterocycles. The lowest BCUT2D eigenvalue weighted by atomic mass is 9.81. The number of hydrogen-bond acceptors (Lipinski definition) is 2. The average molecular weight is 156 g/mol. The van der Waals surface area contributed by atoms with Crippen molar-refractivity contribution in [2.45, 2.75) is 31.7 Å². The molecule has 3 heteroatoms. The Morgan fingerprint density at radius 3 is 2.73 bits per heavy atom. The largest absolute Gasteiger partial charge is 0.358 e. The monoisotopic (exact) mass is 156 g/mol. The van der Waals surface area contributed by atoms with E-state index in [4.69, 9.17) is 5.73 Å². The Kier molecular flexibility index (Phi) is 2.88. The third-order valence-corrected chi connectivity index (χ3v) is 2.40. The summed E-state index contributed by atoms with van der Waals surface area (Å²) in [5.74, 6) is 0.680. The van der Waals surface area contributed by atoms with Crippen molar-refractivity contribution < 1.29 is 4.79 Å². The number of carbonyl (C=O) groups is 1. The molecule has 3 N–H and O–H groups in total. The Hall–Kier alpha value is -0.570. The fourth-order valence-corrected chi connectivity index (χ4v) is 1.38. The summed E-state index contributed by atoms with van der Waals surface area (Å²) < 4.78 is 0. The van der Waals surface area contributed by atoms with Gasteiger partial charge in [-0.05, 0) is 12.3 Å². The van der Waals surface area contributed by atoms with Crippen molar-refractivity contribution in [1.82, 2.24) is 5.32 Å². The Morgan fingerprint density at radius 2 is 2.36 bits per heavy atom. The molecular weight excluding hydrogens is 140 g/mol. The first-order chi connectivity index (χ1) is 5.24. The standard InChI is InChI=1S/C8H16N2O/c1-10-8(11)7(9)5-6-3-2-4-6/h6-7H,2-5,9H2,1H3,(H,10,11). The van der Waals surface area contributed by atoms with E-state index in [1.165, 1.54) is 19.3 Å². The lowest BCUT2D eigenvalue weighted by Gasteiger charge is -2.27. The van der Waals surface area contributed by atoms with Crippen molar-refractivity contribution in [3.05, 3.63) is 0 Å². The van der Waals surface area contributed by atoms with E-state index >= 15 is 0 Å². The molecule has 1 fully saturated rings. The van der Waals surface area contributed by atoms with E-state index in [0.29, 0.717) is 5.92 Å². The molecule has 1 rings (SSSR count). The van der Waals surface area contributed by atoms with Gasteiger partial charge in [-0.2, -0.15) is 0 Å². The molecule has 11 heavy (non-hydrogen) atoms. The number of likely N-dealkylation sites (N-methyl/N-ethyl adjacent to an activating group) is 1. The highest BCUT2D eigenvalue weighted by Gasteiger charge is 2.22. The lowest BCUT2D eigenvalue weighted by molar-refractivity contribution is -0.122. The Bertz CT molecular complexity index is 143. The minimum Gasteiger partial charge on any atom is -0.358 e. The van der Waals surface area contributed by atoms with E-state index in [1.807, 2.05) is 0 Å². The second-order valence-electron chi connectivity index (χ2n) is 3.25. The Balaban J connectivity index is 2.18. The summed E-state index contributed by atoms with van der Waals surface area (Å²) >= 11 is 0. The molecule has 3 nitrogen and oxygen atoms in total. The van der Waals surface area contributed by atoms with Crippen LogP contribution in [0.25, 0.3) is 0 Å². The van der Waals surface area contributed by atoms with Crippen molar-refractivity contribution in [3.8, 4) is 0 Å². The van der Waals surface area contributed by atoms with Crippen LogP contribution in [0.1, 0.15) is 25.7 Å². The van der Waals surface area contributed by atoms with Gasteiger partial charge in [-0.25, -0.2) is 0 Å². The Labute approximate surface area is 67.3 Å². The highest BCUT2D eigenvalue weighted by atomic mass is 16.2. The molecule has 1 aliphatic carbocycles. The van der Waals surface area contributed by atoms with Crippen molar-refractivity contribution in [1.29, 1.82) is 0 Å². The van der Waals surface area contributed by atoms with Crippen LogP contribution in [0.2, 0.25) is 0 Å². The number of carbonyl (C=O) groups excluding carboxylic acids is 1. The highest BCUT2D eigenvalue weighted by molar-refractivity contribution is 5.81. The molecule has 0 radical (unpaired) electrons. The van der Waals surface area contributed by atoms with Crippen LogP contribution < -0.4 is 11.1 Å². The molecule has 0 aromatic heterocycles. The zero-order valence-electron chi connectivity index (χ0n) is 6.97. The molecule has 0 heterocycles. The minimum atomic E-state index is -0.287. The first kappa shape index (κ1) is 8.53. The van der Waals surface area contributed by atoms with Gasteiger partial charge >= 0.3 is 0 Å². The van der Waals surface area contributed by atoms with Crippen LogP contribution in [0.4, 0.5) is 0 Å². The topological polar surface area (TPSA) is 55.1 Å². The van der Waals surface area contributed by atoms with E-state index in [2.05, 4.69) is 5.32 Å². The number of hydrogen-bond donors (Lipinski definition) is 2. The second-order valence-corrected chi connectivity index (χ2v) is 3.25. The Morgan fingerprint density at radius 1 is 1.73 bits per heavy atom. The van der Waals surface area contributed by atoms with E-state index in [-0.39, 0.29) is 11.9 Å². The van der Waals surface area contributed by atoms with Crippen LogP contribution >= 0.6 is 0 Å². The van der Waals surface area contributed by atoms with Crippen LogP contribution in [0.5, 0.6) is 0 Å². The summed E-state index contributed by atoms with van der Waals surface area (Å²) in [6, 6.07) is -0.287. The highest BCUT2D eigenvalue weighted by Crippen LogP contribution is 2.29. The molecule has 0 bridgehead atoms. The molecule has 1 saturated carbocycles. The average Bonchev–Trinajstić information content (AvgIpc) is 1.94. The maximum atomic E-state index is 11.0. The number of rotatable bonds is 3. The van der Waals surface area contributed by atoms with Crippen LogP contribution in [0.15, 0.2) is 0 Å². The van der Waals surface area contributed by atoms with Gasteiger partial charge in [-0.15, -0.1) is 0 Å². The van der Waals surface area contributed by atoms with Gasteiger partial charge in [-0.3, -0.25) is 4.79 Å². The van der Waals surface area contributed by atoms with Gasteiger partial charge < -0.3 is 11.1 Å². The third kappa shape index (κ3) is 2.19. The van der Waals surface area contributed by atoms with Gasteiger partial charge in [0.2, 0.25) is 5.91 Å². The molecule has 0 spiro atoms. The summed E-state index contributed by atoms with van der Waals surface area (Å²) in [6.07, 6.45) is 4.68. The van der Waals surface area contributed by atoms with Crippen LogP contribution in [-0.4, -0.2) is 19.0 Å². The van der Waals surface area contributed by atoms with Gasteiger partial charge in [-0.1, -0.05) is 19.3 Å². The van der Waals surface area contributed by atoms with Gasteiger partial charge in [0.25, 0.3) is 0 Å². The van der Waals surface area contributed by atoms with E-state index in [1.54, 1.807) is 7.05 Å². The second kappa shape index (κ2) is 3.72. The predicted octanol–water partition coefficient (Wildman–Crippen LogP) is 0.250. The molecule has 0 aromatic rings. The first-order valence-electron chi connectivity index (χ1n) is 4.21. The van der Waals surface area contributed by atoms with E-state index in [0.717, 1.165) is 6.42 Å². The van der Waals surface area contributed by atoms with E-state index in [9.17, 15) is 4.79 Å². The summed E-state index contributed by atoms with van der Waals surface area (Å²) in [7, 11) is 1.63. The third-order valence-electron chi connectivity index (χ3n) is 2.40. The molecule has 64 valence electrons. The molecule has 1 amide bonds. The predicted molar refractivity (Wildman–Crippen MR) is 44.0 cm³/mol. The molecule has 1 aliphatic rings. The van der Waals surface area contributed by atoms with Gasteiger partial charge in [0.05, 0.1) is 6.04 Å². The molecule has 1 atom stereocenters. The van der Waals surface area contributed by atoms with Gasteiger partial charge in [0, 0.05) is 7.05 Å². The van der Waals surface area contributed by atoms with Crippen LogP contribution in [0, 0.1) is 5.92 Å². The molecule has 0 aliphatic heterocycles. The molecule has 1 unspecified atom stereocenters. The molecular formula is C8H16N2O. The van der Waals surface area contributed by atoms with Crippen LogP contribution in [0.3, 0.4) is 0 Å². The molecule has 0 aromatic carbocycles. The van der Waals surface area contributed by atoms with Crippen molar-refractivity contribution >= 4 is 5.91 Å². The number of nitrogens with two attached hydrogens (primary N) is 1. The summed E-state index contributed by atoms with van der Waals surface area (Å²) in [6.45, 7) is 0. The normalized spacial score (nSPS) is 20.5.